The van der Waals surface area contributed by atoms with Crippen LogP contribution in [0.5, 0.6) is 0 Å². The number of rotatable bonds is 4. The normalized spacial score (nSPS) is 21.3. The van der Waals surface area contributed by atoms with Crippen molar-refractivity contribution in [2.24, 2.45) is 0 Å². The van der Waals surface area contributed by atoms with E-state index in [-0.39, 0.29) is 28.2 Å². The SMILES string of the molecule is Cc1c(Br)c(C(F)(F)F)nn1[C@H](C)C(=O)N[C@@H](C)[C@H]1CCCO1. The Kier molecular flexibility index (Phi) is 5.40. The quantitative estimate of drug-likeness (QED) is 0.848. The Balaban J connectivity index is 2.13. The van der Waals surface area contributed by atoms with Gasteiger partial charge >= 0.3 is 6.18 Å². The first-order valence-corrected chi connectivity index (χ1v) is 8.16. The molecule has 0 unspecified atom stereocenters. The number of amides is 1. The molecular formula is C14H19BrF3N3O2. The van der Waals surface area contributed by atoms with Crippen molar-refractivity contribution in [3.05, 3.63) is 15.9 Å². The van der Waals surface area contributed by atoms with E-state index in [0.29, 0.717) is 6.61 Å². The van der Waals surface area contributed by atoms with Crippen LogP contribution in [-0.4, -0.2) is 34.4 Å². The molecule has 0 radical (unpaired) electrons. The molecule has 2 heterocycles. The maximum absolute atomic E-state index is 12.9. The third kappa shape index (κ3) is 3.88. The molecule has 5 nitrogen and oxygen atoms in total. The molecule has 130 valence electrons. The second-order valence-corrected chi connectivity index (χ2v) is 6.51. The second-order valence-electron chi connectivity index (χ2n) is 5.72. The van der Waals surface area contributed by atoms with Crippen molar-refractivity contribution >= 4 is 21.8 Å². The van der Waals surface area contributed by atoms with E-state index in [4.69, 9.17) is 4.74 Å². The van der Waals surface area contributed by atoms with Gasteiger partial charge in [0.2, 0.25) is 5.91 Å². The molecule has 9 heteroatoms. The number of halogens is 4. The summed E-state index contributed by atoms with van der Waals surface area (Å²) < 4.78 is 45.1. The molecule has 0 saturated carbocycles. The minimum absolute atomic E-state index is 0.0534. The van der Waals surface area contributed by atoms with Gasteiger partial charge in [0.15, 0.2) is 5.69 Å². The van der Waals surface area contributed by atoms with Gasteiger partial charge in [0, 0.05) is 6.61 Å². The number of alkyl halides is 3. The number of hydrogen-bond acceptors (Lipinski definition) is 3. The Morgan fingerprint density at radius 2 is 2.13 bits per heavy atom. The maximum atomic E-state index is 12.9. The van der Waals surface area contributed by atoms with Gasteiger partial charge in [0.25, 0.3) is 0 Å². The zero-order chi connectivity index (χ0) is 17.4. The van der Waals surface area contributed by atoms with Crippen molar-refractivity contribution in [1.82, 2.24) is 15.1 Å². The first kappa shape index (κ1) is 18.3. The third-order valence-electron chi connectivity index (χ3n) is 3.98. The molecule has 1 aromatic rings. The summed E-state index contributed by atoms with van der Waals surface area (Å²) in [6.45, 7) is 5.50. The molecule has 23 heavy (non-hydrogen) atoms. The Morgan fingerprint density at radius 1 is 1.48 bits per heavy atom. The number of nitrogens with one attached hydrogen (secondary N) is 1. The largest absolute Gasteiger partial charge is 0.436 e. The van der Waals surface area contributed by atoms with Gasteiger partial charge in [0.05, 0.1) is 22.3 Å². The van der Waals surface area contributed by atoms with E-state index in [1.807, 2.05) is 6.92 Å². The average molecular weight is 398 g/mol. The van der Waals surface area contributed by atoms with Crippen LogP contribution in [-0.2, 0) is 15.7 Å². The number of hydrogen-bond donors (Lipinski definition) is 1. The Bertz CT molecular complexity index is 583. The van der Waals surface area contributed by atoms with Gasteiger partial charge < -0.3 is 10.1 Å². The number of carbonyl (C=O) groups excluding carboxylic acids is 1. The number of carbonyl (C=O) groups is 1. The zero-order valence-electron chi connectivity index (χ0n) is 13.1. The summed E-state index contributed by atoms with van der Waals surface area (Å²) in [5.74, 6) is -0.389. The minimum Gasteiger partial charge on any atom is -0.376 e. The molecule has 1 fully saturated rings. The molecule has 0 aromatic carbocycles. The van der Waals surface area contributed by atoms with E-state index in [0.717, 1.165) is 17.5 Å². The maximum Gasteiger partial charge on any atom is 0.436 e. The molecule has 1 saturated heterocycles. The molecule has 3 atom stereocenters. The smallest absolute Gasteiger partial charge is 0.376 e. The van der Waals surface area contributed by atoms with Crippen LogP contribution in [0.1, 0.15) is 44.1 Å². The predicted octanol–water partition coefficient (Wildman–Crippen LogP) is 3.22. The van der Waals surface area contributed by atoms with E-state index in [9.17, 15) is 18.0 Å². The van der Waals surface area contributed by atoms with Gasteiger partial charge in [-0.1, -0.05) is 0 Å². The second kappa shape index (κ2) is 6.80. The van der Waals surface area contributed by atoms with E-state index >= 15 is 0 Å². The number of ether oxygens (including phenoxy) is 1. The standard InChI is InChI=1S/C14H19BrF3N3O2/c1-7(10-5-4-6-23-10)19-13(22)9(3)21-8(2)11(15)12(20-21)14(16,17)18/h7,9-10H,4-6H2,1-3H3,(H,19,22)/t7-,9+,10+/m0/s1. The minimum atomic E-state index is -4.57. The highest BCUT2D eigenvalue weighted by atomic mass is 79.9. The fraction of sp³-hybridized carbons (Fsp3) is 0.714. The lowest BCUT2D eigenvalue weighted by Gasteiger charge is -2.22. The monoisotopic (exact) mass is 397 g/mol. The van der Waals surface area contributed by atoms with E-state index < -0.39 is 17.9 Å². The summed E-state index contributed by atoms with van der Waals surface area (Å²) in [4.78, 5) is 12.3. The molecule has 0 bridgehead atoms. The Labute approximate surface area is 140 Å². The third-order valence-corrected chi connectivity index (χ3v) is 4.93. The molecule has 1 N–H and O–H groups in total. The van der Waals surface area contributed by atoms with Crippen LogP contribution >= 0.6 is 15.9 Å². The molecular weight excluding hydrogens is 379 g/mol. The molecule has 2 rings (SSSR count). The van der Waals surface area contributed by atoms with Crippen LogP contribution in [0.15, 0.2) is 4.47 Å². The lowest BCUT2D eigenvalue weighted by Crippen LogP contribution is -2.43. The molecule has 0 aliphatic carbocycles. The summed E-state index contributed by atoms with van der Waals surface area (Å²) >= 11 is 2.90. The molecule has 1 amide bonds. The summed E-state index contributed by atoms with van der Waals surface area (Å²) in [6.07, 6.45) is -2.82. The predicted molar refractivity (Wildman–Crippen MR) is 81.0 cm³/mol. The first-order valence-electron chi connectivity index (χ1n) is 7.36. The zero-order valence-corrected chi connectivity index (χ0v) is 14.7. The van der Waals surface area contributed by atoms with Gasteiger partial charge in [-0.3, -0.25) is 9.48 Å². The van der Waals surface area contributed by atoms with Crippen molar-refractivity contribution in [3.63, 3.8) is 0 Å². The average Bonchev–Trinajstić information content (AvgIpc) is 3.07. The van der Waals surface area contributed by atoms with Crippen molar-refractivity contribution in [1.29, 1.82) is 0 Å². The van der Waals surface area contributed by atoms with Crippen molar-refractivity contribution < 1.29 is 22.7 Å². The lowest BCUT2D eigenvalue weighted by molar-refractivity contribution is -0.142. The Hall–Kier alpha value is -1.09. The first-order chi connectivity index (χ1) is 10.6. The van der Waals surface area contributed by atoms with Crippen LogP contribution in [0.4, 0.5) is 13.2 Å². The van der Waals surface area contributed by atoms with Crippen molar-refractivity contribution in [3.8, 4) is 0 Å². The van der Waals surface area contributed by atoms with Gasteiger partial charge in [0.1, 0.15) is 6.04 Å². The van der Waals surface area contributed by atoms with Crippen molar-refractivity contribution in [2.45, 2.75) is 58.0 Å². The summed E-state index contributed by atoms with van der Waals surface area (Å²) in [6, 6.07) is -1.06. The lowest BCUT2D eigenvalue weighted by atomic mass is 10.1. The van der Waals surface area contributed by atoms with E-state index in [1.54, 1.807) is 0 Å². The highest BCUT2D eigenvalue weighted by Gasteiger charge is 2.39. The van der Waals surface area contributed by atoms with Crippen LogP contribution < -0.4 is 5.32 Å². The van der Waals surface area contributed by atoms with Gasteiger partial charge in [-0.15, -0.1) is 0 Å². The van der Waals surface area contributed by atoms with E-state index in [2.05, 4.69) is 26.3 Å². The highest BCUT2D eigenvalue weighted by Crippen LogP contribution is 2.36. The van der Waals surface area contributed by atoms with Crippen LogP contribution in [0.3, 0.4) is 0 Å². The summed E-state index contributed by atoms with van der Waals surface area (Å²) in [5.41, 5.74) is -0.772. The van der Waals surface area contributed by atoms with Crippen LogP contribution in [0.2, 0.25) is 0 Å². The number of nitrogens with zero attached hydrogens (tertiary/aromatic N) is 2. The van der Waals surface area contributed by atoms with Crippen LogP contribution in [0, 0.1) is 6.92 Å². The van der Waals surface area contributed by atoms with Crippen LogP contribution in [0.25, 0.3) is 0 Å². The molecule has 1 aliphatic rings. The van der Waals surface area contributed by atoms with Gasteiger partial charge in [-0.05, 0) is 49.5 Å². The molecule has 1 aliphatic heterocycles. The summed E-state index contributed by atoms with van der Waals surface area (Å²) in [7, 11) is 0. The van der Waals surface area contributed by atoms with E-state index in [1.165, 1.54) is 13.8 Å². The molecule has 0 spiro atoms. The van der Waals surface area contributed by atoms with Gasteiger partial charge in [-0.25, -0.2) is 0 Å². The Morgan fingerprint density at radius 3 is 2.61 bits per heavy atom. The van der Waals surface area contributed by atoms with Crippen molar-refractivity contribution in [2.75, 3.05) is 6.61 Å². The summed E-state index contributed by atoms with van der Waals surface area (Å²) in [5, 5.41) is 6.35. The fourth-order valence-electron chi connectivity index (χ4n) is 2.60. The van der Waals surface area contributed by atoms with Gasteiger partial charge in [-0.2, -0.15) is 18.3 Å². The molecule has 1 aromatic heterocycles. The highest BCUT2D eigenvalue weighted by molar-refractivity contribution is 9.10. The number of aromatic nitrogens is 2. The fourth-order valence-corrected chi connectivity index (χ4v) is 3.09. The topological polar surface area (TPSA) is 56.2 Å².